The van der Waals surface area contributed by atoms with Crippen molar-refractivity contribution in [1.29, 1.82) is 0 Å². The van der Waals surface area contributed by atoms with Gasteiger partial charge in [-0.2, -0.15) is 0 Å². The number of hydrogen-bond donors (Lipinski definition) is 0. The number of rotatable bonds is 2. The topological polar surface area (TPSA) is 30.2 Å². The Bertz CT molecular complexity index is 472. The first kappa shape index (κ1) is 13.0. The monoisotopic (exact) mass is 260 g/mol. The molecule has 0 spiro atoms. The van der Waals surface area contributed by atoms with Crippen LogP contribution in [0.3, 0.4) is 0 Å². The molecule has 19 heavy (non-hydrogen) atoms. The number of aryl methyl sites for hydroxylation is 2. The molecule has 0 bridgehead atoms. The van der Waals surface area contributed by atoms with Crippen LogP contribution in [0.2, 0.25) is 0 Å². The van der Waals surface area contributed by atoms with Crippen molar-refractivity contribution < 1.29 is 9.21 Å². The molecule has 3 unspecified atom stereocenters. The van der Waals surface area contributed by atoms with E-state index in [4.69, 9.17) is 4.42 Å². The van der Waals surface area contributed by atoms with Crippen LogP contribution in [0, 0.1) is 31.6 Å². The van der Waals surface area contributed by atoms with Crippen molar-refractivity contribution in [2.45, 2.75) is 58.8 Å². The van der Waals surface area contributed by atoms with E-state index in [2.05, 4.69) is 0 Å². The quantitative estimate of drug-likeness (QED) is 0.722. The Kier molecular flexibility index (Phi) is 3.51. The van der Waals surface area contributed by atoms with E-state index >= 15 is 0 Å². The first-order chi connectivity index (χ1) is 9.15. The second kappa shape index (κ2) is 5.15. The molecule has 2 aliphatic carbocycles. The maximum atomic E-state index is 12.6. The van der Waals surface area contributed by atoms with Crippen molar-refractivity contribution in [2.75, 3.05) is 0 Å². The molecule has 0 amide bonds. The van der Waals surface area contributed by atoms with Crippen LogP contribution >= 0.6 is 0 Å². The van der Waals surface area contributed by atoms with Gasteiger partial charge in [0.25, 0.3) is 0 Å². The maximum Gasteiger partial charge on any atom is 0.169 e. The normalized spacial score (nSPS) is 30.9. The van der Waals surface area contributed by atoms with Gasteiger partial charge in [-0.15, -0.1) is 0 Å². The summed E-state index contributed by atoms with van der Waals surface area (Å²) in [7, 11) is 0. The Hall–Kier alpha value is -1.05. The summed E-state index contributed by atoms with van der Waals surface area (Å²) in [5, 5.41) is 0. The smallest absolute Gasteiger partial charge is 0.169 e. The van der Waals surface area contributed by atoms with Gasteiger partial charge in [-0.1, -0.05) is 25.7 Å². The Labute approximate surface area is 115 Å². The number of fused-ring (bicyclic) bond motifs is 1. The van der Waals surface area contributed by atoms with Gasteiger partial charge >= 0.3 is 0 Å². The summed E-state index contributed by atoms with van der Waals surface area (Å²) in [6, 6.07) is 1.92. The molecule has 2 aliphatic rings. The predicted octanol–water partition coefficient (Wildman–Crippen LogP) is 4.69. The van der Waals surface area contributed by atoms with E-state index in [9.17, 15) is 4.79 Å². The molecular formula is C17H24O2. The van der Waals surface area contributed by atoms with Crippen molar-refractivity contribution in [3.63, 3.8) is 0 Å². The fourth-order valence-corrected chi connectivity index (χ4v) is 4.21. The van der Waals surface area contributed by atoms with Gasteiger partial charge in [-0.3, -0.25) is 4.79 Å². The second-order valence-electron chi connectivity index (χ2n) is 6.51. The summed E-state index contributed by atoms with van der Waals surface area (Å²) >= 11 is 0. The van der Waals surface area contributed by atoms with Gasteiger partial charge < -0.3 is 4.42 Å². The van der Waals surface area contributed by atoms with Crippen molar-refractivity contribution in [1.82, 2.24) is 0 Å². The Balaban J connectivity index is 1.72. The lowest BCUT2D eigenvalue weighted by atomic mass is 9.66. The summed E-state index contributed by atoms with van der Waals surface area (Å²) in [6.07, 6.45) is 8.98. The summed E-state index contributed by atoms with van der Waals surface area (Å²) in [6.45, 7) is 3.83. The highest BCUT2D eigenvalue weighted by atomic mass is 16.3. The van der Waals surface area contributed by atoms with Gasteiger partial charge in [0.15, 0.2) is 5.78 Å². The molecule has 0 N–H and O–H groups in total. The van der Waals surface area contributed by atoms with Gasteiger partial charge in [0.05, 0.1) is 5.56 Å². The lowest BCUT2D eigenvalue weighted by Gasteiger charge is -2.38. The average molecular weight is 260 g/mol. The van der Waals surface area contributed by atoms with E-state index in [0.29, 0.717) is 5.78 Å². The van der Waals surface area contributed by atoms with Crippen molar-refractivity contribution >= 4 is 5.78 Å². The molecule has 0 aromatic carbocycles. The van der Waals surface area contributed by atoms with E-state index in [0.717, 1.165) is 41.8 Å². The predicted molar refractivity (Wildman–Crippen MR) is 75.3 cm³/mol. The zero-order valence-corrected chi connectivity index (χ0v) is 12.1. The van der Waals surface area contributed by atoms with Crippen molar-refractivity contribution in [2.24, 2.45) is 17.8 Å². The minimum Gasteiger partial charge on any atom is -0.466 e. The van der Waals surface area contributed by atoms with Crippen LogP contribution in [0.1, 0.15) is 66.8 Å². The minimum atomic E-state index is 0.245. The third kappa shape index (κ3) is 2.50. The first-order valence-corrected chi connectivity index (χ1v) is 7.76. The zero-order valence-electron chi connectivity index (χ0n) is 12.1. The van der Waals surface area contributed by atoms with Gasteiger partial charge in [-0.05, 0) is 51.0 Å². The Morgan fingerprint density at radius 2 is 1.84 bits per heavy atom. The number of furan rings is 1. The van der Waals surface area contributed by atoms with Crippen LogP contribution in [0.15, 0.2) is 10.5 Å². The highest BCUT2D eigenvalue weighted by Crippen LogP contribution is 2.43. The molecule has 3 rings (SSSR count). The van der Waals surface area contributed by atoms with Crippen molar-refractivity contribution in [3.05, 3.63) is 23.2 Å². The third-order valence-corrected chi connectivity index (χ3v) is 5.22. The number of Topliss-reactive ketones (excluding diaryl/α,β-unsaturated/α-hetero) is 1. The highest BCUT2D eigenvalue weighted by Gasteiger charge is 2.35. The van der Waals surface area contributed by atoms with Gasteiger partial charge in [0.1, 0.15) is 11.5 Å². The molecule has 2 saturated carbocycles. The number of carbonyl (C=O) groups excluding carboxylic acids is 1. The number of hydrogen-bond acceptors (Lipinski definition) is 2. The highest BCUT2D eigenvalue weighted by molar-refractivity contribution is 5.98. The van der Waals surface area contributed by atoms with Gasteiger partial charge in [0, 0.05) is 5.92 Å². The largest absolute Gasteiger partial charge is 0.466 e. The van der Waals surface area contributed by atoms with E-state index < -0.39 is 0 Å². The summed E-state index contributed by atoms with van der Waals surface area (Å²) in [5.74, 6) is 3.95. The van der Waals surface area contributed by atoms with E-state index in [-0.39, 0.29) is 5.92 Å². The molecule has 0 aliphatic heterocycles. The Morgan fingerprint density at radius 1 is 1.11 bits per heavy atom. The molecule has 1 aromatic heterocycles. The number of carbonyl (C=O) groups is 1. The second-order valence-corrected chi connectivity index (χ2v) is 6.51. The summed E-state index contributed by atoms with van der Waals surface area (Å²) in [4.78, 5) is 12.6. The minimum absolute atomic E-state index is 0.245. The summed E-state index contributed by atoms with van der Waals surface area (Å²) < 4.78 is 5.51. The third-order valence-electron chi connectivity index (χ3n) is 5.22. The van der Waals surface area contributed by atoms with E-state index in [1.165, 1.54) is 32.1 Å². The molecule has 0 saturated heterocycles. The maximum absolute atomic E-state index is 12.6. The molecule has 0 radical (unpaired) electrons. The lowest BCUT2D eigenvalue weighted by Crippen LogP contribution is -2.31. The molecular weight excluding hydrogens is 236 g/mol. The summed E-state index contributed by atoms with van der Waals surface area (Å²) in [5.41, 5.74) is 0.830. The fraction of sp³-hybridized carbons (Fsp3) is 0.706. The Morgan fingerprint density at radius 3 is 2.53 bits per heavy atom. The molecule has 2 fully saturated rings. The van der Waals surface area contributed by atoms with Gasteiger partial charge in [-0.25, -0.2) is 0 Å². The molecule has 2 nitrogen and oxygen atoms in total. The van der Waals surface area contributed by atoms with Crippen molar-refractivity contribution in [3.8, 4) is 0 Å². The molecule has 3 atom stereocenters. The van der Waals surface area contributed by atoms with E-state index in [1.807, 2.05) is 19.9 Å². The van der Waals surface area contributed by atoms with Crippen LogP contribution in [-0.2, 0) is 0 Å². The van der Waals surface area contributed by atoms with Crippen LogP contribution in [0.4, 0.5) is 0 Å². The van der Waals surface area contributed by atoms with Crippen LogP contribution in [0.25, 0.3) is 0 Å². The fourth-order valence-electron chi connectivity index (χ4n) is 4.21. The van der Waals surface area contributed by atoms with Crippen LogP contribution in [0.5, 0.6) is 0 Å². The first-order valence-electron chi connectivity index (χ1n) is 7.76. The average Bonchev–Trinajstić information content (AvgIpc) is 2.76. The van der Waals surface area contributed by atoms with Crippen LogP contribution < -0.4 is 0 Å². The van der Waals surface area contributed by atoms with E-state index in [1.54, 1.807) is 0 Å². The SMILES string of the molecule is Cc1cc(C(=O)C2CCC3CCCCC3C2)c(C)o1. The standard InChI is InChI=1S/C17H24O2/c1-11-9-16(12(2)19-11)17(18)15-8-7-13-5-3-4-6-14(13)10-15/h9,13-15H,3-8,10H2,1-2H3. The molecule has 1 heterocycles. The lowest BCUT2D eigenvalue weighted by molar-refractivity contribution is 0.0762. The molecule has 1 aromatic rings. The molecule has 2 heteroatoms. The zero-order chi connectivity index (χ0) is 13.4. The molecule has 104 valence electrons. The van der Waals surface area contributed by atoms with Gasteiger partial charge in [0.2, 0.25) is 0 Å². The number of ketones is 1. The van der Waals surface area contributed by atoms with Crippen LogP contribution in [-0.4, -0.2) is 5.78 Å².